The molecule has 30 heavy (non-hydrogen) atoms. The van der Waals surface area contributed by atoms with E-state index in [0.717, 1.165) is 43.6 Å². The van der Waals surface area contributed by atoms with Crippen LogP contribution in [0.1, 0.15) is 73.2 Å². The summed E-state index contributed by atoms with van der Waals surface area (Å²) >= 11 is 0. The molecule has 1 aromatic heterocycles. The Labute approximate surface area is 182 Å². The van der Waals surface area contributed by atoms with Crippen molar-refractivity contribution in [2.45, 2.75) is 72.9 Å². The minimum atomic E-state index is 0.377. The third-order valence-corrected chi connectivity index (χ3v) is 6.11. The fourth-order valence-electron chi connectivity index (χ4n) is 4.41. The van der Waals surface area contributed by atoms with E-state index in [2.05, 4.69) is 94.5 Å². The van der Waals surface area contributed by atoms with Crippen LogP contribution in [0.15, 0.2) is 54.6 Å². The van der Waals surface area contributed by atoms with Crippen molar-refractivity contribution < 1.29 is 0 Å². The molecule has 0 radical (unpaired) electrons. The Morgan fingerprint density at radius 1 is 0.867 bits per heavy atom. The normalized spacial score (nSPS) is 12.2. The molecule has 0 spiro atoms. The second kappa shape index (κ2) is 10.5. The van der Waals surface area contributed by atoms with E-state index < -0.39 is 0 Å². The van der Waals surface area contributed by atoms with Gasteiger partial charge >= 0.3 is 0 Å². The Morgan fingerprint density at radius 3 is 2.10 bits per heavy atom. The van der Waals surface area contributed by atoms with Gasteiger partial charge in [-0.2, -0.15) is 0 Å². The molecule has 0 fully saturated rings. The number of hydrogen-bond donors (Lipinski definition) is 1. The van der Waals surface area contributed by atoms with E-state index in [1.54, 1.807) is 0 Å². The van der Waals surface area contributed by atoms with E-state index >= 15 is 0 Å². The van der Waals surface area contributed by atoms with Gasteiger partial charge in [-0.15, -0.1) is 0 Å². The first-order valence-corrected chi connectivity index (χ1v) is 11.5. The van der Waals surface area contributed by atoms with E-state index in [0.29, 0.717) is 6.04 Å². The number of nitrogens with one attached hydrogen (secondary N) is 1. The standard InChI is InChI=1S/C28H36N2/c1-6-13-26(24-14-10-9-11-15-24)29-19-25-20(4)18-27(30-21(25)5)28-22(7-2)16-12-17-23(28)8-3/h9-12,14-18,26,29H,6-8,13,19H2,1-5H3. The maximum atomic E-state index is 5.08. The monoisotopic (exact) mass is 400 g/mol. The first-order valence-electron chi connectivity index (χ1n) is 11.5. The zero-order valence-corrected chi connectivity index (χ0v) is 19.3. The maximum Gasteiger partial charge on any atom is 0.0713 e. The van der Waals surface area contributed by atoms with Crippen LogP contribution in [-0.2, 0) is 19.4 Å². The lowest BCUT2D eigenvalue weighted by molar-refractivity contribution is 0.491. The third-order valence-electron chi connectivity index (χ3n) is 6.11. The summed E-state index contributed by atoms with van der Waals surface area (Å²) in [5.74, 6) is 0. The van der Waals surface area contributed by atoms with Gasteiger partial charge in [-0.1, -0.05) is 75.7 Å². The molecule has 2 aromatic carbocycles. The average molecular weight is 401 g/mol. The van der Waals surface area contributed by atoms with E-state index in [1.807, 2.05) is 0 Å². The number of rotatable bonds is 9. The van der Waals surface area contributed by atoms with Gasteiger partial charge in [-0.3, -0.25) is 4.98 Å². The van der Waals surface area contributed by atoms with Crippen LogP contribution in [0.25, 0.3) is 11.3 Å². The third kappa shape index (κ3) is 4.99. The van der Waals surface area contributed by atoms with Crippen LogP contribution in [0.2, 0.25) is 0 Å². The Bertz CT molecular complexity index is 914. The summed E-state index contributed by atoms with van der Waals surface area (Å²) in [5, 5.41) is 3.80. The van der Waals surface area contributed by atoms with Gasteiger partial charge in [0.05, 0.1) is 5.69 Å². The van der Waals surface area contributed by atoms with Crippen molar-refractivity contribution in [2.75, 3.05) is 0 Å². The highest BCUT2D eigenvalue weighted by Crippen LogP contribution is 2.30. The van der Waals surface area contributed by atoms with Crippen molar-refractivity contribution in [3.8, 4) is 11.3 Å². The van der Waals surface area contributed by atoms with Gasteiger partial charge < -0.3 is 5.32 Å². The molecular formula is C28H36N2. The van der Waals surface area contributed by atoms with Crippen molar-refractivity contribution in [2.24, 2.45) is 0 Å². The molecule has 158 valence electrons. The van der Waals surface area contributed by atoms with Crippen LogP contribution in [0.4, 0.5) is 0 Å². The summed E-state index contributed by atoms with van der Waals surface area (Å²) in [4.78, 5) is 5.08. The van der Waals surface area contributed by atoms with Gasteiger partial charge in [-0.05, 0) is 67.0 Å². The van der Waals surface area contributed by atoms with Crippen molar-refractivity contribution in [1.29, 1.82) is 0 Å². The molecule has 0 amide bonds. The van der Waals surface area contributed by atoms with Gasteiger partial charge in [0, 0.05) is 23.8 Å². The second-order valence-electron chi connectivity index (χ2n) is 8.18. The molecule has 2 nitrogen and oxygen atoms in total. The van der Waals surface area contributed by atoms with Crippen molar-refractivity contribution >= 4 is 0 Å². The van der Waals surface area contributed by atoms with E-state index in [1.165, 1.54) is 33.4 Å². The summed E-state index contributed by atoms with van der Waals surface area (Å²) in [5.41, 5.74) is 10.4. The van der Waals surface area contributed by atoms with Crippen molar-refractivity contribution in [3.63, 3.8) is 0 Å². The summed E-state index contributed by atoms with van der Waals surface area (Å²) in [6.07, 6.45) is 4.36. The number of aromatic nitrogens is 1. The molecular weight excluding hydrogens is 364 g/mol. The molecule has 1 atom stereocenters. The van der Waals surface area contributed by atoms with Crippen LogP contribution in [0, 0.1) is 13.8 Å². The highest BCUT2D eigenvalue weighted by molar-refractivity contribution is 5.69. The lowest BCUT2D eigenvalue weighted by atomic mass is 9.93. The molecule has 0 saturated carbocycles. The van der Waals surface area contributed by atoms with Gasteiger partial charge in [-0.25, -0.2) is 0 Å². The molecule has 1 heterocycles. The van der Waals surface area contributed by atoms with E-state index in [-0.39, 0.29) is 0 Å². The fourth-order valence-corrected chi connectivity index (χ4v) is 4.41. The molecule has 3 aromatic rings. The van der Waals surface area contributed by atoms with Gasteiger partial charge in [0.1, 0.15) is 0 Å². The number of hydrogen-bond acceptors (Lipinski definition) is 2. The molecule has 3 rings (SSSR count). The van der Waals surface area contributed by atoms with Gasteiger partial charge in [0.25, 0.3) is 0 Å². The fraction of sp³-hybridized carbons (Fsp3) is 0.393. The summed E-state index contributed by atoms with van der Waals surface area (Å²) in [6.45, 7) is 11.9. The van der Waals surface area contributed by atoms with Crippen LogP contribution < -0.4 is 5.32 Å². The molecule has 2 heteroatoms. The predicted octanol–water partition coefficient (Wildman–Crippen LogP) is 7.12. The lowest BCUT2D eigenvalue weighted by Gasteiger charge is -2.21. The van der Waals surface area contributed by atoms with Gasteiger partial charge in [0.2, 0.25) is 0 Å². The zero-order valence-electron chi connectivity index (χ0n) is 19.3. The SMILES string of the molecule is CCCC(NCc1c(C)cc(-c2c(CC)cccc2CC)nc1C)c1ccccc1. The maximum absolute atomic E-state index is 5.08. The number of pyridine rings is 1. The lowest BCUT2D eigenvalue weighted by Crippen LogP contribution is -2.22. The van der Waals surface area contributed by atoms with Crippen LogP contribution in [0.5, 0.6) is 0 Å². The summed E-state index contributed by atoms with van der Waals surface area (Å²) in [6, 6.07) is 20.1. The van der Waals surface area contributed by atoms with Gasteiger partial charge in [0.15, 0.2) is 0 Å². The molecule has 0 aliphatic rings. The zero-order chi connectivity index (χ0) is 21.5. The largest absolute Gasteiger partial charge is 0.306 e. The number of aryl methyl sites for hydroxylation is 4. The average Bonchev–Trinajstić information content (AvgIpc) is 2.77. The van der Waals surface area contributed by atoms with E-state index in [9.17, 15) is 0 Å². The molecule has 1 N–H and O–H groups in total. The summed E-state index contributed by atoms with van der Waals surface area (Å²) < 4.78 is 0. The van der Waals surface area contributed by atoms with Crippen LogP contribution in [0.3, 0.4) is 0 Å². The van der Waals surface area contributed by atoms with E-state index in [4.69, 9.17) is 4.98 Å². The minimum absolute atomic E-state index is 0.377. The van der Waals surface area contributed by atoms with Crippen molar-refractivity contribution in [1.82, 2.24) is 10.3 Å². The van der Waals surface area contributed by atoms with Crippen LogP contribution in [-0.4, -0.2) is 4.98 Å². The first-order chi connectivity index (χ1) is 14.6. The Kier molecular flexibility index (Phi) is 7.81. The highest BCUT2D eigenvalue weighted by Gasteiger charge is 2.15. The quantitative estimate of drug-likeness (QED) is 0.413. The molecule has 0 saturated heterocycles. The number of benzene rings is 2. The predicted molar refractivity (Wildman–Crippen MR) is 129 cm³/mol. The second-order valence-corrected chi connectivity index (χ2v) is 8.18. The first kappa shape index (κ1) is 22.2. The molecule has 0 aliphatic heterocycles. The number of nitrogens with zero attached hydrogens (tertiary/aromatic N) is 1. The molecule has 0 bridgehead atoms. The Balaban J connectivity index is 1.89. The highest BCUT2D eigenvalue weighted by atomic mass is 14.9. The molecule has 1 unspecified atom stereocenters. The van der Waals surface area contributed by atoms with Crippen molar-refractivity contribution in [3.05, 3.63) is 88.1 Å². The minimum Gasteiger partial charge on any atom is -0.306 e. The Hall–Kier alpha value is -2.45. The smallest absolute Gasteiger partial charge is 0.0713 e. The topological polar surface area (TPSA) is 24.9 Å². The van der Waals surface area contributed by atoms with Crippen LogP contribution >= 0.6 is 0 Å². The summed E-state index contributed by atoms with van der Waals surface area (Å²) in [7, 11) is 0. The molecule has 0 aliphatic carbocycles. The Morgan fingerprint density at radius 2 is 1.53 bits per heavy atom.